The molecule has 1 aromatic rings. The monoisotopic (exact) mass is 319 g/mol. The molecule has 0 radical (unpaired) electrons. The highest BCUT2D eigenvalue weighted by Crippen LogP contribution is 2.28. The summed E-state index contributed by atoms with van der Waals surface area (Å²) < 4.78 is 37.2. The number of methoxy groups -OCH3 is 1. The smallest absolute Gasteiger partial charge is 0.247 e. The van der Waals surface area contributed by atoms with E-state index in [0.29, 0.717) is 12.3 Å². The Morgan fingerprint density at radius 3 is 2.60 bits per heavy atom. The Balaban J connectivity index is 2.36. The van der Waals surface area contributed by atoms with Crippen LogP contribution in [0.1, 0.15) is 12.0 Å². The number of rotatable bonds is 5. The van der Waals surface area contributed by atoms with Crippen LogP contribution in [-0.4, -0.2) is 44.8 Å². The van der Waals surface area contributed by atoms with Crippen molar-refractivity contribution in [3.8, 4) is 0 Å². The third-order valence-corrected chi connectivity index (χ3v) is 5.35. The number of sulfonamides is 1. The van der Waals surface area contributed by atoms with E-state index in [2.05, 4.69) is 0 Å². The van der Waals surface area contributed by atoms with Gasteiger partial charge in [0.25, 0.3) is 0 Å². The summed E-state index contributed by atoms with van der Waals surface area (Å²) in [7, 11) is -2.24. The van der Waals surface area contributed by atoms with E-state index < -0.39 is 16.4 Å². The van der Waals surface area contributed by atoms with Crippen LogP contribution in [0.5, 0.6) is 0 Å². The quantitative estimate of drug-likeness (QED) is 0.778. The Bertz CT molecular complexity index is 546. The highest BCUT2D eigenvalue weighted by atomic mass is 35.5. The topological polar surface area (TPSA) is 55.8 Å². The van der Waals surface area contributed by atoms with Crippen LogP contribution >= 0.6 is 11.6 Å². The van der Waals surface area contributed by atoms with Crippen LogP contribution in [0, 0.1) is 6.92 Å². The number of hydrogen-bond donors (Lipinski definition) is 0. The lowest BCUT2D eigenvalue weighted by molar-refractivity contribution is -0.133. The Morgan fingerprint density at radius 1 is 1.40 bits per heavy atom. The molecule has 1 heterocycles. The van der Waals surface area contributed by atoms with Crippen molar-refractivity contribution in [3.63, 3.8) is 0 Å². The number of ether oxygens (including phenoxy) is 2. The first-order chi connectivity index (χ1) is 9.50. The predicted molar refractivity (Wildman–Crippen MR) is 76.1 cm³/mol. The number of halogens is 1. The summed E-state index contributed by atoms with van der Waals surface area (Å²) in [6, 6.07) is 6.41. The average molecular weight is 320 g/mol. The molecule has 1 aliphatic rings. The van der Waals surface area contributed by atoms with E-state index in [4.69, 9.17) is 21.1 Å². The zero-order valence-corrected chi connectivity index (χ0v) is 13.0. The first kappa shape index (κ1) is 15.7. The molecule has 5 nitrogen and oxygen atoms in total. The number of aryl methyl sites for hydroxylation is 1. The maximum Gasteiger partial charge on any atom is 0.247 e. The third-order valence-electron chi connectivity index (χ3n) is 3.24. The van der Waals surface area contributed by atoms with E-state index in [-0.39, 0.29) is 17.5 Å². The molecule has 7 heteroatoms. The van der Waals surface area contributed by atoms with E-state index in [1.165, 1.54) is 11.4 Å². The molecule has 0 spiro atoms. The van der Waals surface area contributed by atoms with Gasteiger partial charge in [-0.2, -0.15) is 0 Å². The molecule has 1 aromatic carbocycles. The average Bonchev–Trinajstić information content (AvgIpc) is 2.83. The maximum absolute atomic E-state index is 12.7. The van der Waals surface area contributed by atoms with Crippen molar-refractivity contribution in [1.29, 1.82) is 0 Å². The molecule has 0 aliphatic carbocycles. The first-order valence-corrected chi connectivity index (χ1v) is 8.28. The fourth-order valence-corrected chi connectivity index (χ4v) is 4.07. The lowest BCUT2D eigenvalue weighted by atomic mass is 10.2. The summed E-state index contributed by atoms with van der Waals surface area (Å²) in [5.41, 5.74) is 1.00. The minimum absolute atomic E-state index is 0.232. The van der Waals surface area contributed by atoms with Crippen LogP contribution in [0.3, 0.4) is 0 Å². The Labute approximate surface area is 124 Å². The van der Waals surface area contributed by atoms with Crippen LogP contribution in [0.4, 0.5) is 0 Å². The van der Waals surface area contributed by atoms with Gasteiger partial charge in [-0.1, -0.05) is 17.7 Å². The summed E-state index contributed by atoms with van der Waals surface area (Å²) in [5, 5.41) is 0. The summed E-state index contributed by atoms with van der Waals surface area (Å²) in [5.74, 6) is 0.365. The van der Waals surface area contributed by atoms with Gasteiger partial charge in [0.15, 0.2) is 0 Å². The van der Waals surface area contributed by atoms with Gasteiger partial charge in [-0.25, -0.2) is 8.42 Å². The van der Waals surface area contributed by atoms with Crippen LogP contribution in [-0.2, 0) is 19.5 Å². The molecular weight excluding hydrogens is 302 g/mol. The van der Waals surface area contributed by atoms with Gasteiger partial charge in [-0.15, -0.1) is 15.9 Å². The Hall–Kier alpha value is -0.660. The predicted octanol–water partition coefficient (Wildman–Crippen LogP) is 1.94. The lowest BCUT2D eigenvalue weighted by Crippen LogP contribution is -2.42. The van der Waals surface area contributed by atoms with Gasteiger partial charge in [0, 0.05) is 13.0 Å². The molecule has 20 heavy (non-hydrogen) atoms. The summed E-state index contributed by atoms with van der Waals surface area (Å²) in [6.07, 6.45) is -0.374. The van der Waals surface area contributed by atoms with Crippen LogP contribution in [0.25, 0.3) is 0 Å². The van der Waals surface area contributed by atoms with E-state index in [1.807, 2.05) is 6.92 Å². The van der Waals surface area contributed by atoms with Crippen molar-refractivity contribution >= 4 is 21.6 Å². The Morgan fingerprint density at radius 2 is 2.05 bits per heavy atom. The zero-order chi connectivity index (χ0) is 14.8. The van der Waals surface area contributed by atoms with Crippen LogP contribution in [0.2, 0.25) is 0 Å². The molecule has 0 N–H and O–H groups in total. The summed E-state index contributed by atoms with van der Waals surface area (Å²) in [6.45, 7) is 2.19. The van der Waals surface area contributed by atoms with Gasteiger partial charge in [0.05, 0.1) is 17.5 Å². The minimum atomic E-state index is -3.66. The number of nitrogens with zero attached hydrogens (tertiary/aromatic N) is 1. The molecule has 2 atom stereocenters. The van der Waals surface area contributed by atoms with Crippen molar-refractivity contribution in [1.82, 2.24) is 4.31 Å². The van der Waals surface area contributed by atoms with Gasteiger partial charge in [-0.05, 0) is 25.5 Å². The van der Waals surface area contributed by atoms with E-state index in [0.717, 1.165) is 5.56 Å². The van der Waals surface area contributed by atoms with Gasteiger partial charge < -0.3 is 9.47 Å². The van der Waals surface area contributed by atoms with Gasteiger partial charge in [0.1, 0.15) is 0 Å². The summed E-state index contributed by atoms with van der Waals surface area (Å²) in [4.78, 5) is 0.232. The van der Waals surface area contributed by atoms with Crippen molar-refractivity contribution in [2.45, 2.75) is 30.7 Å². The van der Waals surface area contributed by atoms with Crippen molar-refractivity contribution in [3.05, 3.63) is 29.8 Å². The molecule has 2 rings (SSSR count). The molecule has 0 saturated carbocycles. The standard InChI is InChI=1S/C13H18ClNO4S/c1-10-3-5-12(6-4-10)20(16,17)15-11(7-8-14)9-19-13(15)18-2/h3-6,11,13H,7-9H2,1-2H3/t11-,13?/m0/s1. The summed E-state index contributed by atoms with van der Waals surface area (Å²) >= 11 is 5.74. The highest BCUT2D eigenvalue weighted by Gasteiger charge is 2.43. The second-order valence-corrected chi connectivity index (χ2v) is 6.88. The largest absolute Gasteiger partial charge is 0.342 e. The van der Waals surface area contributed by atoms with Gasteiger partial charge in [-0.3, -0.25) is 0 Å². The SMILES string of the molecule is COC1OC[C@H](CCCl)N1S(=O)(=O)c1ccc(C)cc1. The van der Waals surface area contributed by atoms with Crippen molar-refractivity contribution < 1.29 is 17.9 Å². The van der Waals surface area contributed by atoms with E-state index >= 15 is 0 Å². The molecule has 0 amide bonds. The number of hydrogen-bond acceptors (Lipinski definition) is 4. The van der Waals surface area contributed by atoms with E-state index in [9.17, 15) is 8.42 Å². The second-order valence-electron chi connectivity index (χ2n) is 4.66. The molecule has 112 valence electrons. The Kier molecular flexibility index (Phi) is 5.04. The lowest BCUT2D eigenvalue weighted by Gasteiger charge is -2.25. The van der Waals surface area contributed by atoms with Gasteiger partial charge in [0.2, 0.25) is 16.4 Å². The van der Waals surface area contributed by atoms with E-state index in [1.54, 1.807) is 24.3 Å². The van der Waals surface area contributed by atoms with Crippen molar-refractivity contribution in [2.24, 2.45) is 0 Å². The molecule has 0 bridgehead atoms. The fourth-order valence-electron chi connectivity index (χ4n) is 2.16. The first-order valence-electron chi connectivity index (χ1n) is 6.31. The molecule has 0 aromatic heterocycles. The fraction of sp³-hybridized carbons (Fsp3) is 0.538. The van der Waals surface area contributed by atoms with Gasteiger partial charge >= 0.3 is 0 Å². The van der Waals surface area contributed by atoms with Crippen LogP contribution < -0.4 is 0 Å². The molecule has 1 saturated heterocycles. The maximum atomic E-state index is 12.7. The number of benzene rings is 1. The number of alkyl halides is 1. The molecule has 1 unspecified atom stereocenters. The van der Waals surface area contributed by atoms with Crippen LogP contribution in [0.15, 0.2) is 29.2 Å². The zero-order valence-electron chi connectivity index (χ0n) is 11.5. The second kappa shape index (κ2) is 6.41. The molecule has 1 aliphatic heterocycles. The third kappa shape index (κ3) is 2.99. The van der Waals surface area contributed by atoms with Crippen molar-refractivity contribution in [2.75, 3.05) is 19.6 Å². The highest BCUT2D eigenvalue weighted by molar-refractivity contribution is 7.89. The molecule has 1 fully saturated rings. The minimum Gasteiger partial charge on any atom is -0.342 e. The molecular formula is C13H18ClNO4S. The normalized spacial score (nSPS) is 24.1.